The normalized spacial score (nSPS) is 10.2. The molecule has 142 valence electrons. The number of hydrogen-bond acceptors (Lipinski definition) is 4. The minimum atomic E-state index is 0.117. The molecule has 0 radical (unpaired) electrons. The van der Waals surface area contributed by atoms with Gasteiger partial charge in [-0.1, -0.05) is 72.8 Å². The Morgan fingerprint density at radius 3 is 2.07 bits per heavy atom. The Labute approximate surface area is 175 Å². The smallest absolute Gasteiger partial charge is 0.142 e. The van der Waals surface area contributed by atoms with Crippen molar-refractivity contribution < 1.29 is 0 Å². The number of aryl methyl sites for hydroxylation is 1. The lowest BCUT2D eigenvalue weighted by Crippen LogP contribution is -2.04. The van der Waals surface area contributed by atoms with Gasteiger partial charge in [0.2, 0.25) is 0 Å². The van der Waals surface area contributed by atoms with Gasteiger partial charge in [-0.25, -0.2) is 4.98 Å². The second-order valence-corrected chi connectivity index (χ2v) is 6.96. The summed E-state index contributed by atoms with van der Waals surface area (Å²) in [6.45, 7) is 2.06. The number of rotatable bonds is 3. The van der Waals surface area contributed by atoms with Crippen LogP contribution in [0.25, 0.3) is 33.5 Å². The Balaban J connectivity index is 2.01. The monoisotopic (exact) mass is 386 g/mol. The van der Waals surface area contributed by atoms with Crippen molar-refractivity contribution in [2.75, 3.05) is 5.73 Å². The summed E-state index contributed by atoms with van der Waals surface area (Å²) in [6, 6.07) is 29.8. The average molecular weight is 386 g/mol. The van der Waals surface area contributed by atoms with Crippen molar-refractivity contribution in [2.24, 2.45) is 0 Å². The fourth-order valence-electron chi connectivity index (χ4n) is 3.66. The summed E-state index contributed by atoms with van der Waals surface area (Å²) >= 11 is 0. The Morgan fingerprint density at radius 1 is 0.733 bits per heavy atom. The van der Waals surface area contributed by atoms with Gasteiger partial charge in [0.15, 0.2) is 0 Å². The molecule has 0 saturated carbocycles. The predicted molar refractivity (Wildman–Crippen MR) is 119 cm³/mol. The van der Waals surface area contributed by atoms with Crippen molar-refractivity contribution in [3.8, 4) is 45.6 Å². The van der Waals surface area contributed by atoms with Crippen molar-refractivity contribution in [3.63, 3.8) is 0 Å². The molecule has 2 N–H and O–H groups in total. The summed E-state index contributed by atoms with van der Waals surface area (Å²) in [5.74, 6) is 0.117. The lowest BCUT2D eigenvalue weighted by molar-refractivity contribution is 1.29. The molecule has 3 aromatic carbocycles. The van der Waals surface area contributed by atoms with Crippen LogP contribution >= 0.6 is 0 Å². The largest absolute Gasteiger partial charge is 0.383 e. The van der Waals surface area contributed by atoms with Gasteiger partial charge in [0.1, 0.15) is 23.5 Å². The Morgan fingerprint density at radius 2 is 1.37 bits per heavy atom. The van der Waals surface area contributed by atoms with Gasteiger partial charge in [0.25, 0.3) is 0 Å². The van der Waals surface area contributed by atoms with Gasteiger partial charge in [0, 0.05) is 11.1 Å². The van der Waals surface area contributed by atoms with Gasteiger partial charge in [-0.15, -0.1) is 0 Å². The van der Waals surface area contributed by atoms with E-state index >= 15 is 0 Å². The zero-order chi connectivity index (χ0) is 21.1. The third-order valence-electron chi connectivity index (χ3n) is 5.10. The molecule has 0 spiro atoms. The van der Waals surface area contributed by atoms with Crippen LogP contribution < -0.4 is 5.73 Å². The van der Waals surface area contributed by atoms with Gasteiger partial charge in [-0.05, 0) is 35.2 Å². The number of nitrogens with two attached hydrogens (primary N) is 1. The van der Waals surface area contributed by atoms with Crippen LogP contribution in [0.4, 0.5) is 5.82 Å². The van der Waals surface area contributed by atoms with E-state index in [0.29, 0.717) is 16.8 Å². The molecule has 4 rings (SSSR count). The van der Waals surface area contributed by atoms with Gasteiger partial charge in [-0.2, -0.15) is 10.5 Å². The number of hydrogen-bond donors (Lipinski definition) is 1. The van der Waals surface area contributed by atoms with Crippen molar-refractivity contribution in [1.82, 2.24) is 4.98 Å². The molecule has 0 amide bonds. The summed E-state index contributed by atoms with van der Waals surface area (Å²) in [7, 11) is 0. The maximum atomic E-state index is 10.0. The van der Waals surface area contributed by atoms with Crippen LogP contribution in [0, 0.1) is 29.6 Å². The van der Waals surface area contributed by atoms with Crippen LogP contribution in [-0.4, -0.2) is 4.98 Å². The van der Waals surface area contributed by atoms with Crippen LogP contribution in [0.2, 0.25) is 0 Å². The van der Waals surface area contributed by atoms with E-state index in [0.717, 1.165) is 27.8 Å². The molecule has 30 heavy (non-hydrogen) atoms. The third kappa shape index (κ3) is 3.28. The van der Waals surface area contributed by atoms with Gasteiger partial charge in [0.05, 0.1) is 11.3 Å². The maximum absolute atomic E-state index is 10.0. The number of benzene rings is 3. The first-order chi connectivity index (χ1) is 14.6. The number of nitrogens with zero attached hydrogens (tertiary/aromatic N) is 3. The zero-order valence-electron chi connectivity index (χ0n) is 16.4. The van der Waals surface area contributed by atoms with Gasteiger partial charge in [-0.3, -0.25) is 0 Å². The van der Waals surface area contributed by atoms with Crippen molar-refractivity contribution in [2.45, 2.75) is 6.92 Å². The molecule has 0 bridgehead atoms. The first kappa shape index (κ1) is 18.9. The molecule has 1 aromatic heterocycles. The van der Waals surface area contributed by atoms with Crippen LogP contribution in [0.1, 0.15) is 16.7 Å². The van der Waals surface area contributed by atoms with Crippen LogP contribution in [0.5, 0.6) is 0 Å². The first-order valence-corrected chi connectivity index (χ1v) is 9.49. The van der Waals surface area contributed by atoms with Gasteiger partial charge >= 0.3 is 0 Å². The molecule has 0 aliphatic rings. The van der Waals surface area contributed by atoms with Crippen LogP contribution in [0.15, 0.2) is 78.9 Å². The molecule has 0 atom stereocenters. The number of anilines is 1. The van der Waals surface area contributed by atoms with Crippen LogP contribution in [0.3, 0.4) is 0 Å². The fraction of sp³-hybridized carbons (Fsp3) is 0.0385. The molecule has 0 aliphatic carbocycles. The molecule has 4 nitrogen and oxygen atoms in total. The van der Waals surface area contributed by atoms with E-state index in [2.05, 4.69) is 36.2 Å². The summed E-state index contributed by atoms with van der Waals surface area (Å²) < 4.78 is 0. The highest BCUT2D eigenvalue weighted by Gasteiger charge is 2.21. The second-order valence-electron chi connectivity index (χ2n) is 6.96. The molecule has 0 aliphatic heterocycles. The van der Waals surface area contributed by atoms with Crippen molar-refractivity contribution in [1.29, 1.82) is 10.5 Å². The van der Waals surface area contributed by atoms with E-state index < -0.39 is 0 Å². The molecule has 0 saturated heterocycles. The van der Waals surface area contributed by atoms with E-state index in [1.807, 2.05) is 66.7 Å². The molecule has 0 unspecified atom stereocenters. The molecule has 4 aromatic rings. The van der Waals surface area contributed by atoms with E-state index in [1.54, 1.807) is 0 Å². The summed E-state index contributed by atoms with van der Waals surface area (Å²) in [5, 5.41) is 19.8. The number of nitrogen functional groups attached to an aromatic ring is 1. The average Bonchev–Trinajstić information content (AvgIpc) is 2.79. The maximum Gasteiger partial charge on any atom is 0.142 e. The molecule has 1 heterocycles. The quantitative estimate of drug-likeness (QED) is 0.488. The SMILES string of the molecule is Cc1ccccc1-c1cccc(-c2c(C#N)c(N)nc(-c3ccccc3)c2C#N)c1. The minimum absolute atomic E-state index is 0.117. The van der Waals surface area contributed by atoms with E-state index in [-0.39, 0.29) is 11.4 Å². The van der Waals surface area contributed by atoms with E-state index in [1.165, 1.54) is 0 Å². The fourth-order valence-corrected chi connectivity index (χ4v) is 3.66. The minimum Gasteiger partial charge on any atom is -0.383 e. The van der Waals surface area contributed by atoms with E-state index in [9.17, 15) is 10.5 Å². The van der Waals surface area contributed by atoms with Gasteiger partial charge < -0.3 is 5.73 Å². The summed E-state index contributed by atoms with van der Waals surface area (Å²) in [4.78, 5) is 4.40. The topological polar surface area (TPSA) is 86.5 Å². The predicted octanol–water partition coefficient (Wildman–Crippen LogP) is 5.72. The highest BCUT2D eigenvalue weighted by molar-refractivity contribution is 5.88. The summed E-state index contributed by atoms with van der Waals surface area (Å²) in [6.07, 6.45) is 0. The standard InChI is InChI=1S/C26H18N4/c1-17-8-5-6-13-21(17)19-11-7-12-20(14-19)24-22(15-27)25(18-9-3-2-4-10-18)30-26(29)23(24)16-28/h2-14H,1H3,(H2,29,30). The second kappa shape index (κ2) is 7.91. The highest BCUT2D eigenvalue weighted by Crippen LogP contribution is 2.37. The number of nitriles is 2. The third-order valence-corrected chi connectivity index (χ3v) is 5.10. The summed E-state index contributed by atoms with van der Waals surface area (Å²) in [5.41, 5.74) is 12.5. The highest BCUT2D eigenvalue weighted by atomic mass is 14.9. The van der Waals surface area contributed by atoms with E-state index in [4.69, 9.17) is 5.73 Å². The number of aromatic nitrogens is 1. The Hall–Kier alpha value is -4.41. The van der Waals surface area contributed by atoms with Crippen molar-refractivity contribution in [3.05, 3.63) is 95.6 Å². The molecular formula is C26H18N4. The molecule has 0 fully saturated rings. The van der Waals surface area contributed by atoms with Crippen molar-refractivity contribution >= 4 is 5.82 Å². The lowest BCUT2D eigenvalue weighted by Gasteiger charge is -2.15. The Bertz CT molecular complexity index is 1330. The lowest BCUT2D eigenvalue weighted by atomic mass is 9.90. The first-order valence-electron chi connectivity index (χ1n) is 9.49. The Kier molecular flexibility index (Phi) is 4.99. The number of pyridine rings is 1. The van der Waals surface area contributed by atoms with Crippen LogP contribution in [-0.2, 0) is 0 Å². The molecule has 4 heteroatoms. The zero-order valence-corrected chi connectivity index (χ0v) is 16.4. The molecular weight excluding hydrogens is 368 g/mol.